The van der Waals surface area contributed by atoms with Crippen molar-refractivity contribution in [2.45, 2.75) is 6.54 Å². The summed E-state index contributed by atoms with van der Waals surface area (Å²) in [6.07, 6.45) is 2.24. The van der Waals surface area contributed by atoms with Gasteiger partial charge in [-0.05, 0) is 44.4 Å². The Bertz CT molecular complexity index is 968. The largest absolute Gasteiger partial charge is 0.456 e. The highest BCUT2D eigenvalue weighted by atomic mass is 35.5. The molecule has 7 heteroatoms. The molecule has 3 rings (SSSR count). The van der Waals surface area contributed by atoms with Gasteiger partial charge in [0.2, 0.25) is 0 Å². The fraction of sp³-hybridized carbons (Fsp3) is 0.200. The summed E-state index contributed by atoms with van der Waals surface area (Å²) in [4.78, 5) is 17.6. The van der Waals surface area contributed by atoms with Crippen molar-refractivity contribution in [2.75, 3.05) is 14.1 Å². The zero-order chi connectivity index (χ0) is 19.6. The van der Waals surface area contributed by atoms with Gasteiger partial charge in [0.25, 0.3) is 0 Å². The SMILES string of the molecule is CN(C)Cc1ncc(-c2ccc(Oc3cc(Cl)cc(F)c3C=O)cc2)n1C. The number of hydrogen-bond donors (Lipinski definition) is 0. The molecule has 1 heterocycles. The van der Waals surface area contributed by atoms with E-state index in [-0.39, 0.29) is 16.3 Å². The molecule has 0 saturated carbocycles. The molecule has 140 valence electrons. The Morgan fingerprint density at radius 1 is 1.26 bits per heavy atom. The summed E-state index contributed by atoms with van der Waals surface area (Å²) in [5.41, 5.74) is 1.78. The molecular weight excluding hydrogens is 369 g/mol. The maximum atomic E-state index is 13.8. The standard InChI is InChI=1S/C20H19ClFN3O2/c1-24(2)11-20-23-10-18(25(20)3)13-4-6-15(7-5-13)27-19-9-14(21)8-17(22)16(19)12-26/h4-10,12H,11H2,1-3H3. The molecule has 3 aromatic rings. The Labute approximate surface area is 162 Å². The lowest BCUT2D eigenvalue weighted by Gasteiger charge is -2.12. The third-order valence-electron chi connectivity index (χ3n) is 4.09. The van der Waals surface area contributed by atoms with E-state index in [2.05, 4.69) is 9.88 Å². The number of carbonyl (C=O) groups excluding carboxylic acids is 1. The van der Waals surface area contributed by atoms with Crippen molar-refractivity contribution in [1.29, 1.82) is 0 Å². The van der Waals surface area contributed by atoms with E-state index in [0.29, 0.717) is 12.0 Å². The average Bonchev–Trinajstić information content (AvgIpc) is 2.95. The minimum Gasteiger partial charge on any atom is -0.456 e. The van der Waals surface area contributed by atoms with Crippen molar-refractivity contribution < 1.29 is 13.9 Å². The summed E-state index contributed by atoms with van der Waals surface area (Å²) in [6, 6.07) is 9.76. The van der Waals surface area contributed by atoms with Crippen LogP contribution < -0.4 is 4.74 Å². The molecule has 2 aromatic carbocycles. The van der Waals surface area contributed by atoms with E-state index < -0.39 is 5.82 Å². The lowest BCUT2D eigenvalue weighted by Crippen LogP contribution is -2.14. The Morgan fingerprint density at radius 2 is 1.96 bits per heavy atom. The number of nitrogens with zero attached hydrogens (tertiary/aromatic N) is 3. The van der Waals surface area contributed by atoms with Gasteiger partial charge >= 0.3 is 0 Å². The molecule has 0 aliphatic rings. The summed E-state index contributed by atoms with van der Waals surface area (Å²) in [6.45, 7) is 0.743. The maximum Gasteiger partial charge on any atom is 0.156 e. The average molecular weight is 388 g/mol. The number of imidazole rings is 1. The van der Waals surface area contributed by atoms with Crippen molar-refractivity contribution >= 4 is 17.9 Å². The van der Waals surface area contributed by atoms with Crippen LogP contribution in [0.1, 0.15) is 16.2 Å². The van der Waals surface area contributed by atoms with Gasteiger partial charge in [-0.3, -0.25) is 4.79 Å². The molecule has 0 fully saturated rings. The van der Waals surface area contributed by atoms with E-state index in [0.717, 1.165) is 29.7 Å². The molecule has 0 bridgehead atoms. The number of aldehydes is 1. The minimum absolute atomic E-state index is 0.0801. The molecule has 0 N–H and O–H groups in total. The van der Waals surface area contributed by atoms with E-state index in [1.165, 1.54) is 6.07 Å². The van der Waals surface area contributed by atoms with Crippen LogP contribution in [0.5, 0.6) is 11.5 Å². The van der Waals surface area contributed by atoms with E-state index in [9.17, 15) is 9.18 Å². The van der Waals surface area contributed by atoms with Crippen LogP contribution >= 0.6 is 11.6 Å². The van der Waals surface area contributed by atoms with Crippen LogP contribution in [0.4, 0.5) is 4.39 Å². The summed E-state index contributed by atoms with van der Waals surface area (Å²) in [5.74, 6) is 0.795. The van der Waals surface area contributed by atoms with Crippen LogP contribution in [0.25, 0.3) is 11.3 Å². The van der Waals surface area contributed by atoms with Crippen LogP contribution in [0.2, 0.25) is 5.02 Å². The molecule has 0 saturated heterocycles. The molecule has 0 unspecified atom stereocenters. The zero-order valence-corrected chi connectivity index (χ0v) is 16.0. The Kier molecular flexibility index (Phi) is 5.58. The highest BCUT2D eigenvalue weighted by Gasteiger charge is 2.13. The van der Waals surface area contributed by atoms with Gasteiger partial charge in [-0.2, -0.15) is 0 Å². The molecule has 27 heavy (non-hydrogen) atoms. The maximum absolute atomic E-state index is 13.8. The van der Waals surface area contributed by atoms with Crippen LogP contribution in [0.3, 0.4) is 0 Å². The van der Waals surface area contributed by atoms with Crippen molar-refractivity contribution in [1.82, 2.24) is 14.5 Å². The monoisotopic (exact) mass is 387 g/mol. The van der Waals surface area contributed by atoms with Gasteiger partial charge in [-0.15, -0.1) is 0 Å². The molecule has 0 radical (unpaired) electrons. The summed E-state index contributed by atoms with van der Waals surface area (Å²) >= 11 is 5.86. The summed E-state index contributed by atoms with van der Waals surface area (Å²) in [5, 5.41) is 0.160. The lowest BCUT2D eigenvalue weighted by atomic mass is 10.1. The van der Waals surface area contributed by atoms with Gasteiger partial charge in [0.15, 0.2) is 6.29 Å². The van der Waals surface area contributed by atoms with Gasteiger partial charge in [0.1, 0.15) is 23.1 Å². The number of benzene rings is 2. The number of rotatable bonds is 6. The van der Waals surface area contributed by atoms with Crippen LogP contribution in [-0.2, 0) is 13.6 Å². The van der Waals surface area contributed by atoms with Crippen molar-refractivity contribution in [2.24, 2.45) is 7.05 Å². The number of aromatic nitrogens is 2. The molecule has 0 aliphatic heterocycles. The van der Waals surface area contributed by atoms with Crippen molar-refractivity contribution in [3.63, 3.8) is 0 Å². The quantitative estimate of drug-likeness (QED) is 0.582. The Balaban J connectivity index is 1.85. The van der Waals surface area contributed by atoms with E-state index in [1.807, 2.05) is 44.0 Å². The van der Waals surface area contributed by atoms with Crippen molar-refractivity contribution in [3.05, 3.63) is 64.8 Å². The van der Waals surface area contributed by atoms with Crippen molar-refractivity contribution in [3.8, 4) is 22.8 Å². The molecule has 0 spiro atoms. The van der Waals surface area contributed by atoms with Gasteiger partial charge < -0.3 is 14.2 Å². The molecule has 0 aliphatic carbocycles. The van der Waals surface area contributed by atoms with Crippen LogP contribution in [0.15, 0.2) is 42.6 Å². The first-order valence-electron chi connectivity index (χ1n) is 8.27. The first kappa shape index (κ1) is 19.1. The van der Waals surface area contributed by atoms with E-state index >= 15 is 0 Å². The predicted octanol–water partition coefficient (Wildman–Crippen LogP) is 4.55. The molecule has 0 amide bonds. The Hall–Kier alpha value is -2.70. The van der Waals surface area contributed by atoms with Gasteiger partial charge in [-0.1, -0.05) is 11.6 Å². The van der Waals surface area contributed by atoms with Crippen LogP contribution in [-0.4, -0.2) is 34.8 Å². The van der Waals surface area contributed by atoms with E-state index in [1.54, 1.807) is 12.1 Å². The lowest BCUT2D eigenvalue weighted by molar-refractivity contribution is 0.111. The highest BCUT2D eigenvalue weighted by Crippen LogP contribution is 2.31. The number of halogens is 2. The van der Waals surface area contributed by atoms with Crippen LogP contribution in [0, 0.1) is 5.82 Å². The molecular formula is C20H19ClFN3O2. The normalized spacial score (nSPS) is 11.0. The third kappa shape index (κ3) is 4.18. The number of hydrogen-bond acceptors (Lipinski definition) is 4. The highest BCUT2D eigenvalue weighted by molar-refractivity contribution is 6.30. The first-order chi connectivity index (χ1) is 12.9. The molecule has 5 nitrogen and oxygen atoms in total. The smallest absolute Gasteiger partial charge is 0.156 e. The molecule has 0 atom stereocenters. The molecule has 1 aromatic heterocycles. The second-order valence-electron chi connectivity index (χ2n) is 6.40. The fourth-order valence-corrected chi connectivity index (χ4v) is 2.92. The zero-order valence-electron chi connectivity index (χ0n) is 15.2. The van der Waals surface area contributed by atoms with E-state index in [4.69, 9.17) is 16.3 Å². The number of carbonyl (C=O) groups is 1. The number of ether oxygens (including phenoxy) is 1. The second kappa shape index (κ2) is 7.90. The van der Waals surface area contributed by atoms with Gasteiger partial charge in [0, 0.05) is 23.7 Å². The Morgan fingerprint density at radius 3 is 2.59 bits per heavy atom. The minimum atomic E-state index is -0.715. The van der Waals surface area contributed by atoms with Gasteiger partial charge in [-0.25, -0.2) is 9.37 Å². The first-order valence-corrected chi connectivity index (χ1v) is 8.64. The third-order valence-corrected chi connectivity index (χ3v) is 4.31. The van der Waals surface area contributed by atoms with Gasteiger partial charge in [0.05, 0.1) is 24.0 Å². The second-order valence-corrected chi connectivity index (χ2v) is 6.84. The predicted molar refractivity (Wildman–Crippen MR) is 103 cm³/mol. The summed E-state index contributed by atoms with van der Waals surface area (Å²) < 4.78 is 21.5. The fourth-order valence-electron chi connectivity index (χ4n) is 2.73. The summed E-state index contributed by atoms with van der Waals surface area (Å²) in [7, 11) is 5.95. The topological polar surface area (TPSA) is 47.4 Å².